The molecule has 9 heteroatoms. The highest BCUT2D eigenvalue weighted by atomic mass is 35.5. The normalized spacial score (nSPS) is 21.2. The number of nitrogens with one attached hydrogen (secondary N) is 1. The number of ether oxygens (including phenoxy) is 1. The summed E-state index contributed by atoms with van der Waals surface area (Å²) in [4.78, 5) is 11.3. The van der Waals surface area contributed by atoms with Gasteiger partial charge in [-0.15, -0.1) is 0 Å². The van der Waals surface area contributed by atoms with Crippen LogP contribution in [-0.2, 0) is 14.8 Å². The van der Waals surface area contributed by atoms with E-state index in [9.17, 15) is 13.2 Å². The van der Waals surface area contributed by atoms with Crippen molar-refractivity contribution >= 4 is 39.1 Å². The van der Waals surface area contributed by atoms with Crippen LogP contribution >= 0.6 is 23.2 Å². The van der Waals surface area contributed by atoms with Gasteiger partial charge in [-0.25, -0.2) is 13.1 Å². The Balaban J connectivity index is 2.34. The smallest absolute Gasteiger partial charge is 0.242 e. The van der Waals surface area contributed by atoms with Crippen LogP contribution in [0.5, 0.6) is 5.75 Å². The van der Waals surface area contributed by atoms with E-state index >= 15 is 0 Å². The quantitative estimate of drug-likeness (QED) is 0.766. The van der Waals surface area contributed by atoms with E-state index in [4.69, 9.17) is 33.7 Å². The lowest BCUT2D eigenvalue weighted by molar-refractivity contribution is -0.122. The summed E-state index contributed by atoms with van der Waals surface area (Å²) in [7, 11) is -2.57. The van der Waals surface area contributed by atoms with Crippen LogP contribution in [0, 0.1) is 5.92 Å². The van der Waals surface area contributed by atoms with Gasteiger partial charge in [0.05, 0.1) is 23.1 Å². The van der Waals surface area contributed by atoms with Crippen LogP contribution in [0.3, 0.4) is 0 Å². The fraction of sp³-hybridized carbons (Fsp3) is 0.357. The van der Waals surface area contributed by atoms with Crippen LogP contribution in [-0.4, -0.2) is 27.5 Å². The number of carbonyl (C=O) groups is 1. The summed E-state index contributed by atoms with van der Waals surface area (Å²) in [5.41, 5.74) is 5.34. The standard InChI is InChI=1S/C14H16Cl2N2O4S/c1-22-12-6-10(16)13(7-9(12)15)23(20,21)18-11-5-3-2-4-8(11)14(17)19/h2-3,6-8,11,18H,4-5H2,1H3,(H2,17,19)/t8-,11-/m1/s1. The van der Waals surface area contributed by atoms with Crippen molar-refractivity contribution in [1.82, 2.24) is 4.72 Å². The second-order valence-corrected chi connectivity index (χ2v) is 7.59. The van der Waals surface area contributed by atoms with Gasteiger partial charge in [0.2, 0.25) is 15.9 Å². The van der Waals surface area contributed by atoms with E-state index in [0.717, 1.165) is 0 Å². The number of methoxy groups -OCH3 is 1. The molecule has 2 atom stereocenters. The van der Waals surface area contributed by atoms with Crippen molar-refractivity contribution in [3.63, 3.8) is 0 Å². The van der Waals surface area contributed by atoms with Gasteiger partial charge in [-0.1, -0.05) is 35.4 Å². The minimum atomic E-state index is -3.97. The monoisotopic (exact) mass is 378 g/mol. The molecule has 2 rings (SSSR count). The average molecular weight is 379 g/mol. The minimum Gasteiger partial charge on any atom is -0.495 e. The van der Waals surface area contributed by atoms with Gasteiger partial charge in [-0.05, 0) is 18.9 Å². The second kappa shape index (κ2) is 7.09. The van der Waals surface area contributed by atoms with Crippen LogP contribution in [0.25, 0.3) is 0 Å². The van der Waals surface area contributed by atoms with Crippen molar-refractivity contribution in [2.45, 2.75) is 23.8 Å². The summed E-state index contributed by atoms with van der Waals surface area (Å²) in [6.07, 6.45) is 4.36. The third-order valence-electron chi connectivity index (χ3n) is 3.60. The fourth-order valence-corrected chi connectivity index (χ4v) is 4.53. The minimum absolute atomic E-state index is 0.0271. The topological polar surface area (TPSA) is 98.5 Å². The van der Waals surface area contributed by atoms with Crippen molar-refractivity contribution in [2.75, 3.05) is 7.11 Å². The molecule has 1 aliphatic carbocycles. The third kappa shape index (κ3) is 3.98. The van der Waals surface area contributed by atoms with E-state index in [2.05, 4.69) is 4.72 Å². The highest BCUT2D eigenvalue weighted by Gasteiger charge is 2.32. The molecule has 0 aromatic heterocycles. The molecule has 0 heterocycles. The van der Waals surface area contributed by atoms with Crippen LogP contribution in [0.15, 0.2) is 29.2 Å². The molecule has 0 fully saturated rings. The molecule has 126 valence electrons. The number of rotatable bonds is 5. The first kappa shape index (κ1) is 18.1. The number of nitrogens with two attached hydrogens (primary N) is 1. The first-order chi connectivity index (χ1) is 10.8. The maximum atomic E-state index is 12.6. The highest BCUT2D eigenvalue weighted by Crippen LogP contribution is 2.34. The molecular weight excluding hydrogens is 363 g/mol. The van der Waals surface area contributed by atoms with Crippen LogP contribution < -0.4 is 15.2 Å². The van der Waals surface area contributed by atoms with Crippen LogP contribution in [0.2, 0.25) is 10.0 Å². The molecule has 0 spiro atoms. The molecule has 0 aliphatic heterocycles. The van der Waals surface area contributed by atoms with Gasteiger partial charge in [-0.3, -0.25) is 4.79 Å². The van der Waals surface area contributed by atoms with Gasteiger partial charge in [0, 0.05) is 12.1 Å². The molecule has 6 nitrogen and oxygen atoms in total. The van der Waals surface area contributed by atoms with E-state index in [0.29, 0.717) is 12.8 Å². The van der Waals surface area contributed by atoms with Gasteiger partial charge in [0.1, 0.15) is 10.6 Å². The summed E-state index contributed by atoms with van der Waals surface area (Å²) in [6, 6.07) is 1.91. The number of halogens is 2. The van der Waals surface area contributed by atoms with E-state index in [1.54, 1.807) is 12.2 Å². The zero-order valence-corrected chi connectivity index (χ0v) is 14.6. The third-order valence-corrected chi connectivity index (χ3v) is 5.85. The maximum Gasteiger partial charge on any atom is 0.242 e. The van der Waals surface area contributed by atoms with Crippen molar-refractivity contribution in [3.8, 4) is 5.75 Å². The Morgan fingerprint density at radius 2 is 1.91 bits per heavy atom. The zero-order valence-electron chi connectivity index (χ0n) is 12.3. The Kier molecular flexibility index (Phi) is 5.57. The van der Waals surface area contributed by atoms with E-state index < -0.39 is 27.9 Å². The summed E-state index contributed by atoms with van der Waals surface area (Å²) >= 11 is 12.0. The Morgan fingerprint density at radius 3 is 2.52 bits per heavy atom. The summed E-state index contributed by atoms with van der Waals surface area (Å²) in [6.45, 7) is 0. The van der Waals surface area contributed by atoms with Gasteiger partial charge in [-0.2, -0.15) is 0 Å². The maximum absolute atomic E-state index is 12.6. The average Bonchev–Trinajstić information content (AvgIpc) is 2.48. The predicted octanol–water partition coefficient (Wildman–Crippen LogP) is 2.10. The lowest BCUT2D eigenvalue weighted by atomic mass is 9.89. The number of carbonyl (C=O) groups excluding carboxylic acids is 1. The number of benzene rings is 1. The molecule has 1 aliphatic rings. The zero-order chi connectivity index (χ0) is 17.2. The van der Waals surface area contributed by atoms with Crippen molar-refractivity contribution in [2.24, 2.45) is 11.7 Å². The number of amides is 1. The van der Waals surface area contributed by atoms with Crippen molar-refractivity contribution in [3.05, 3.63) is 34.3 Å². The van der Waals surface area contributed by atoms with E-state index in [1.807, 2.05) is 0 Å². The Labute approximate surface area is 144 Å². The molecule has 0 unspecified atom stereocenters. The summed E-state index contributed by atoms with van der Waals surface area (Å²) in [5.74, 6) is -0.894. The predicted molar refractivity (Wildman–Crippen MR) is 88.2 cm³/mol. The van der Waals surface area contributed by atoms with Crippen molar-refractivity contribution in [1.29, 1.82) is 0 Å². The van der Waals surface area contributed by atoms with Gasteiger partial charge >= 0.3 is 0 Å². The summed E-state index contributed by atoms with van der Waals surface area (Å²) in [5, 5.41) is 0.0907. The lowest BCUT2D eigenvalue weighted by Crippen LogP contribution is -2.46. The molecule has 1 aromatic rings. The second-order valence-electron chi connectivity index (χ2n) is 5.10. The molecule has 3 N–H and O–H groups in total. The molecule has 0 saturated carbocycles. The number of sulfonamides is 1. The Bertz CT molecular complexity index is 749. The molecule has 23 heavy (non-hydrogen) atoms. The Hall–Kier alpha value is -1.28. The number of hydrogen-bond donors (Lipinski definition) is 2. The first-order valence-electron chi connectivity index (χ1n) is 6.76. The first-order valence-corrected chi connectivity index (χ1v) is 9.00. The van der Waals surface area contributed by atoms with Crippen molar-refractivity contribution < 1.29 is 17.9 Å². The van der Waals surface area contributed by atoms with Gasteiger partial charge in [0.15, 0.2) is 0 Å². The SMILES string of the molecule is COc1cc(Cl)c(S(=O)(=O)N[C@@H]2CC=CC[C@H]2C(N)=O)cc1Cl. The largest absolute Gasteiger partial charge is 0.495 e. The molecule has 0 radical (unpaired) electrons. The number of hydrogen-bond acceptors (Lipinski definition) is 4. The molecule has 0 bridgehead atoms. The van der Waals surface area contributed by atoms with Gasteiger partial charge in [0.25, 0.3) is 0 Å². The molecule has 1 aromatic carbocycles. The van der Waals surface area contributed by atoms with Gasteiger partial charge < -0.3 is 10.5 Å². The molecule has 0 saturated heterocycles. The fourth-order valence-electron chi connectivity index (χ4n) is 2.39. The lowest BCUT2D eigenvalue weighted by Gasteiger charge is -2.26. The van der Waals surface area contributed by atoms with Crippen LogP contribution in [0.1, 0.15) is 12.8 Å². The van der Waals surface area contributed by atoms with Crippen LogP contribution in [0.4, 0.5) is 0 Å². The summed E-state index contributed by atoms with van der Waals surface area (Å²) < 4.78 is 32.6. The molecule has 1 amide bonds. The number of allylic oxidation sites excluding steroid dienone is 1. The number of primary amides is 1. The van der Waals surface area contributed by atoms with E-state index in [1.165, 1.54) is 19.2 Å². The highest BCUT2D eigenvalue weighted by molar-refractivity contribution is 7.89. The Morgan fingerprint density at radius 1 is 1.26 bits per heavy atom. The van der Waals surface area contributed by atoms with E-state index in [-0.39, 0.29) is 20.7 Å². The molecular formula is C14H16Cl2N2O4S.